The van der Waals surface area contributed by atoms with Gasteiger partial charge in [0.1, 0.15) is 11.5 Å². The molecule has 12 heteroatoms. The molecule has 2 amide bonds. The van der Waals surface area contributed by atoms with Gasteiger partial charge in [0.15, 0.2) is 5.65 Å². The summed E-state index contributed by atoms with van der Waals surface area (Å²) in [5, 5.41) is 10.4. The van der Waals surface area contributed by atoms with Gasteiger partial charge in [0.2, 0.25) is 15.9 Å². The molecule has 0 aliphatic carbocycles. The smallest absolute Gasteiger partial charge is 0.272 e. The maximum absolute atomic E-state index is 13.5. The number of likely N-dealkylation sites (tertiary alicyclic amines) is 1. The molecular formula is C25H33N7O4S. The van der Waals surface area contributed by atoms with Gasteiger partial charge in [-0.3, -0.25) is 9.59 Å². The zero-order valence-corrected chi connectivity index (χ0v) is 22.5. The quantitative estimate of drug-likeness (QED) is 0.483. The number of nitrogens with zero attached hydrogens (tertiary/aromatic N) is 5. The molecular weight excluding hydrogens is 494 g/mol. The molecule has 1 saturated heterocycles. The summed E-state index contributed by atoms with van der Waals surface area (Å²) in [5.74, 6) is 0.377. The van der Waals surface area contributed by atoms with Crippen molar-refractivity contribution >= 4 is 39.0 Å². The predicted molar refractivity (Wildman–Crippen MR) is 140 cm³/mol. The first-order valence-electron chi connectivity index (χ1n) is 12.2. The number of hydrogen-bond donors (Lipinski definition) is 2. The number of piperidine rings is 1. The van der Waals surface area contributed by atoms with Crippen molar-refractivity contribution in [2.45, 2.75) is 37.5 Å². The summed E-state index contributed by atoms with van der Waals surface area (Å²) in [6.45, 7) is 5.02. The van der Waals surface area contributed by atoms with Crippen molar-refractivity contribution in [2.75, 3.05) is 39.5 Å². The molecule has 1 aliphatic heterocycles. The minimum Gasteiger partial charge on any atom is -0.359 e. The second kappa shape index (κ2) is 10.5. The van der Waals surface area contributed by atoms with E-state index in [4.69, 9.17) is 0 Å². The highest BCUT2D eigenvalue weighted by atomic mass is 32.2. The predicted octanol–water partition coefficient (Wildman–Crippen LogP) is 2.44. The number of benzene rings is 1. The van der Waals surface area contributed by atoms with Gasteiger partial charge in [-0.1, -0.05) is 13.8 Å². The molecule has 0 unspecified atom stereocenters. The van der Waals surface area contributed by atoms with Crippen molar-refractivity contribution in [1.82, 2.24) is 29.1 Å². The molecule has 2 N–H and O–H groups in total. The van der Waals surface area contributed by atoms with E-state index in [1.54, 1.807) is 40.9 Å². The summed E-state index contributed by atoms with van der Waals surface area (Å²) in [5.41, 5.74) is 2.40. The number of carbonyl (C=O) groups excluding carboxylic acids is 2. The number of carbonyl (C=O) groups is 2. The molecule has 3 heterocycles. The molecule has 37 heavy (non-hydrogen) atoms. The van der Waals surface area contributed by atoms with Crippen molar-refractivity contribution in [1.29, 1.82) is 0 Å². The zero-order valence-electron chi connectivity index (χ0n) is 21.7. The zero-order chi connectivity index (χ0) is 26.9. The van der Waals surface area contributed by atoms with Crippen LogP contribution in [0.15, 0.2) is 41.4 Å². The van der Waals surface area contributed by atoms with Crippen LogP contribution in [0.25, 0.3) is 5.65 Å². The van der Waals surface area contributed by atoms with Crippen LogP contribution in [0.1, 0.15) is 48.7 Å². The SMILES string of the molecule is CNC(=O)C1CCN(C(=O)c2cc(Nc3ccc(S(=O)(=O)N(C)C)cc3)n3ncc(C(C)C)c3n2)CC1. The van der Waals surface area contributed by atoms with Crippen molar-refractivity contribution < 1.29 is 18.0 Å². The summed E-state index contributed by atoms with van der Waals surface area (Å²) in [4.78, 5) is 32.0. The van der Waals surface area contributed by atoms with Gasteiger partial charge in [0.25, 0.3) is 5.91 Å². The van der Waals surface area contributed by atoms with Crippen molar-refractivity contribution in [3.8, 4) is 0 Å². The van der Waals surface area contributed by atoms with Crippen LogP contribution in [-0.2, 0) is 14.8 Å². The Hall–Kier alpha value is -3.51. The van der Waals surface area contributed by atoms with Gasteiger partial charge in [-0.15, -0.1) is 0 Å². The van der Waals surface area contributed by atoms with Crippen molar-refractivity contribution in [3.63, 3.8) is 0 Å². The second-order valence-corrected chi connectivity index (χ2v) is 11.8. The van der Waals surface area contributed by atoms with Crippen LogP contribution in [0.2, 0.25) is 0 Å². The van der Waals surface area contributed by atoms with Gasteiger partial charge < -0.3 is 15.5 Å². The highest BCUT2D eigenvalue weighted by Gasteiger charge is 2.29. The molecule has 1 aromatic carbocycles. The Morgan fingerprint density at radius 3 is 2.32 bits per heavy atom. The van der Waals surface area contributed by atoms with Crippen LogP contribution in [-0.4, -0.2) is 78.3 Å². The molecule has 2 aromatic heterocycles. The number of anilines is 2. The molecule has 3 aromatic rings. The first kappa shape index (κ1) is 26.6. The minimum atomic E-state index is -3.55. The molecule has 0 atom stereocenters. The molecule has 198 valence electrons. The Kier molecular flexibility index (Phi) is 7.51. The first-order chi connectivity index (χ1) is 17.5. The lowest BCUT2D eigenvalue weighted by Crippen LogP contribution is -2.42. The fourth-order valence-electron chi connectivity index (χ4n) is 4.37. The molecule has 0 spiro atoms. The fraction of sp³-hybridized carbons (Fsp3) is 0.440. The fourth-order valence-corrected chi connectivity index (χ4v) is 5.27. The monoisotopic (exact) mass is 527 g/mol. The number of hydrogen-bond acceptors (Lipinski definition) is 7. The van der Waals surface area contributed by atoms with Gasteiger partial charge in [-0.2, -0.15) is 9.61 Å². The highest BCUT2D eigenvalue weighted by molar-refractivity contribution is 7.89. The molecule has 4 rings (SSSR count). The average Bonchev–Trinajstić information content (AvgIpc) is 3.33. The van der Waals surface area contributed by atoms with E-state index in [0.29, 0.717) is 43.1 Å². The standard InChI is InChI=1S/C25H33N7O4S/c1-16(2)20-15-27-32-22(28-18-6-8-19(9-7-18)37(35,36)30(4)5)14-21(29-23(20)32)25(34)31-12-10-17(11-13-31)24(33)26-3/h6-9,14-17,28H,10-13H2,1-5H3,(H,26,33). The third kappa shape index (κ3) is 5.30. The van der Waals surface area contributed by atoms with E-state index in [9.17, 15) is 18.0 Å². The third-order valence-electron chi connectivity index (χ3n) is 6.64. The van der Waals surface area contributed by atoms with E-state index in [-0.39, 0.29) is 34.2 Å². The molecule has 1 fully saturated rings. The molecule has 0 radical (unpaired) electrons. The number of aromatic nitrogens is 3. The highest BCUT2D eigenvalue weighted by Crippen LogP contribution is 2.27. The van der Waals surface area contributed by atoms with Gasteiger partial charge in [-0.05, 0) is 43.0 Å². The lowest BCUT2D eigenvalue weighted by molar-refractivity contribution is -0.125. The van der Waals surface area contributed by atoms with Crippen LogP contribution in [0, 0.1) is 5.92 Å². The maximum atomic E-state index is 13.5. The van der Waals surface area contributed by atoms with Gasteiger partial charge in [0, 0.05) is 57.5 Å². The lowest BCUT2D eigenvalue weighted by Gasteiger charge is -2.31. The largest absolute Gasteiger partial charge is 0.359 e. The third-order valence-corrected chi connectivity index (χ3v) is 8.47. The summed E-state index contributed by atoms with van der Waals surface area (Å²) in [7, 11) is 1.05. The number of fused-ring (bicyclic) bond motifs is 1. The van der Waals surface area contributed by atoms with E-state index < -0.39 is 10.0 Å². The Balaban J connectivity index is 1.66. The van der Waals surface area contributed by atoms with Gasteiger partial charge in [-0.25, -0.2) is 17.7 Å². The van der Waals surface area contributed by atoms with Crippen molar-refractivity contribution in [2.24, 2.45) is 5.92 Å². The number of rotatable bonds is 7. The van der Waals surface area contributed by atoms with E-state index in [1.165, 1.54) is 26.2 Å². The van der Waals surface area contributed by atoms with Crippen LogP contribution in [0.4, 0.5) is 11.5 Å². The number of nitrogens with one attached hydrogen (secondary N) is 2. The maximum Gasteiger partial charge on any atom is 0.272 e. The normalized spacial score (nSPS) is 14.9. The molecule has 11 nitrogen and oxygen atoms in total. The van der Waals surface area contributed by atoms with E-state index in [0.717, 1.165) is 9.87 Å². The Bertz CT molecular complexity index is 1410. The van der Waals surface area contributed by atoms with Gasteiger partial charge >= 0.3 is 0 Å². The van der Waals surface area contributed by atoms with E-state index in [1.807, 2.05) is 13.8 Å². The Labute approximate surface area is 216 Å². The van der Waals surface area contributed by atoms with Crippen LogP contribution in [0.3, 0.4) is 0 Å². The average molecular weight is 528 g/mol. The second-order valence-electron chi connectivity index (χ2n) is 9.63. The van der Waals surface area contributed by atoms with E-state index >= 15 is 0 Å². The number of amides is 2. The molecule has 1 aliphatic rings. The molecule has 0 saturated carbocycles. The minimum absolute atomic E-state index is 0.00312. The number of sulfonamides is 1. The summed E-state index contributed by atoms with van der Waals surface area (Å²) in [6, 6.07) is 8.05. The van der Waals surface area contributed by atoms with Gasteiger partial charge in [0.05, 0.1) is 11.1 Å². The molecule has 0 bridgehead atoms. The summed E-state index contributed by atoms with van der Waals surface area (Å²) >= 11 is 0. The van der Waals surface area contributed by atoms with E-state index in [2.05, 4.69) is 20.7 Å². The van der Waals surface area contributed by atoms with Crippen LogP contribution >= 0.6 is 0 Å². The van der Waals surface area contributed by atoms with Crippen molar-refractivity contribution in [3.05, 3.63) is 47.8 Å². The topological polar surface area (TPSA) is 129 Å². The van der Waals surface area contributed by atoms with Crippen LogP contribution < -0.4 is 10.6 Å². The first-order valence-corrected chi connectivity index (χ1v) is 13.7. The Morgan fingerprint density at radius 2 is 1.76 bits per heavy atom. The lowest BCUT2D eigenvalue weighted by atomic mass is 9.96. The van der Waals surface area contributed by atoms with Crippen LogP contribution in [0.5, 0.6) is 0 Å². The summed E-state index contributed by atoms with van der Waals surface area (Å²) in [6.07, 6.45) is 2.95. The Morgan fingerprint density at radius 1 is 1.11 bits per heavy atom. The summed E-state index contributed by atoms with van der Waals surface area (Å²) < 4.78 is 27.6.